The Bertz CT molecular complexity index is 424. The molecule has 0 saturated carbocycles. The van der Waals surface area contributed by atoms with E-state index < -0.39 is 0 Å². The molecular weight excluding hydrogens is 248 g/mol. The van der Waals surface area contributed by atoms with Crippen molar-refractivity contribution in [2.24, 2.45) is 0 Å². The van der Waals surface area contributed by atoms with Crippen molar-refractivity contribution in [3.05, 3.63) is 40.4 Å². The predicted molar refractivity (Wildman–Crippen MR) is 76.7 cm³/mol. The first-order chi connectivity index (χ1) is 8.49. The highest BCUT2D eigenvalue weighted by Gasteiger charge is 2.03. The molecule has 0 aliphatic heterocycles. The summed E-state index contributed by atoms with van der Waals surface area (Å²) in [7, 11) is 3.95. The zero-order chi connectivity index (χ0) is 13.5. The predicted octanol–water partition coefficient (Wildman–Crippen LogP) is 2.42. The molecule has 0 aliphatic carbocycles. The molecule has 3 nitrogen and oxygen atoms in total. The quantitative estimate of drug-likeness (QED) is 0.830. The van der Waals surface area contributed by atoms with Gasteiger partial charge in [-0.25, -0.2) is 0 Å². The highest BCUT2D eigenvalue weighted by molar-refractivity contribution is 6.30. The number of carbonyl (C=O) groups excluding carboxylic acids is 1. The van der Waals surface area contributed by atoms with Gasteiger partial charge >= 0.3 is 0 Å². The van der Waals surface area contributed by atoms with E-state index in [1.54, 1.807) is 6.92 Å². The second-order valence-corrected chi connectivity index (χ2v) is 4.87. The molecule has 0 unspecified atom stereocenters. The van der Waals surface area contributed by atoms with Crippen molar-refractivity contribution >= 4 is 23.6 Å². The molecular formula is C14H19ClN2O. The van der Waals surface area contributed by atoms with Gasteiger partial charge in [0.05, 0.1) is 0 Å². The molecule has 1 aromatic carbocycles. The van der Waals surface area contributed by atoms with Crippen LogP contribution >= 0.6 is 11.6 Å². The lowest BCUT2D eigenvalue weighted by Crippen LogP contribution is -2.31. The van der Waals surface area contributed by atoms with Gasteiger partial charge in [-0.05, 0) is 44.8 Å². The highest BCUT2D eigenvalue weighted by atomic mass is 35.5. The van der Waals surface area contributed by atoms with Crippen molar-refractivity contribution in [1.82, 2.24) is 10.2 Å². The van der Waals surface area contributed by atoms with Crippen LogP contribution in [0.4, 0.5) is 0 Å². The lowest BCUT2D eigenvalue weighted by atomic mass is 10.1. The molecule has 98 valence electrons. The molecule has 0 atom stereocenters. The van der Waals surface area contributed by atoms with Crippen molar-refractivity contribution < 1.29 is 4.79 Å². The van der Waals surface area contributed by atoms with E-state index in [4.69, 9.17) is 11.6 Å². The van der Waals surface area contributed by atoms with E-state index in [0.717, 1.165) is 12.1 Å². The Hall–Kier alpha value is -1.32. The molecule has 0 aliphatic rings. The van der Waals surface area contributed by atoms with Crippen LogP contribution < -0.4 is 5.32 Å². The van der Waals surface area contributed by atoms with Crippen molar-refractivity contribution in [2.75, 3.05) is 27.2 Å². The van der Waals surface area contributed by atoms with Crippen LogP contribution in [0.5, 0.6) is 0 Å². The summed E-state index contributed by atoms with van der Waals surface area (Å²) in [6.45, 7) is 3.29. The SMILES string of the molecule is C/C(=C\c1ccc(Cl)cc1)C(=O)NCCN(C)C. The maximum Gasteiger partial charge on any atom is 0.246 e. The van der Waals surface area contributed by atoms with E-state index in [2.05, 4.69) is 5.32 Å². The van der Waals surface area contributed by atoms with Crippen molar-refractivity contribution in [2.45, 2.75) is 6.92 Å². The number of rotatable bonds is 5. The number of benzene rings is 1. The zero-order valence-corrected chi connectivity index (χ0v) is 11.8. The monoisotopic (exact) mass is 266 g/mol. The third kappa shape index (κ3) is 5.34. The number of amides is 1. The van der Waals surface area contributed by atoms with Gasteiger partial charge in [-0.15, -0.1) is 0 Å². The summed E-state index contributed by atoms with van der Waals surface area (Å²) in [5, 5.41) is 3.57. The van der Waals surface area contributed by atoms with E-state index in [0.29, 0.717) is 17.1 Å². The number of hydrogen-bond acceptors (Lipinski definition) is 2. The van der Waals surface area contributed by atoms with E-state index in [-0.39, 0.29) is 5.91 Å². The van der Waals surface area contributed by atoms with Crippen LogP contribution in [0.1, 0.15) is 12.5 Å². The molecule has 0 saturated heterocycles. The number of carbonyl (C=O) groups is 1. The summed E-state index contributed by atoms with van der Waals surface area (Å²) in [6.07, 6.45) is 1.85. The summed E-state index contributed by atoms with van der Waals surface area (Å²) in [4.78, 5) is 13.8. The standard InChI is InChI=1S/C14H19ClN2O/c1-11(14(18)16-8-9-17(2)3)10-12-4-6-13(15)7-5-12/h4-7,10H,8-9H2,1-3H3,(H,16,18)/b11-10+. The normalized spacial score (nSPS) is 11.7. The first-order valence-electron chi connectivity index (χ1n) is 5.86. The van der Waals surface area contributed by atoms with E-state index >= 15 is 0 Å². The fourth-order valence-electron chi connectivity index (χ4n) is 1.41. The molecule has 18 heavy (non-hydrogen) atoms. The number of nitrogens with zero attached hydrogens (tertiary/aromatic N) is 1. The summed E-state index contributed by atoms with van der Waals surface area (Å²) in [6, 6.07) is 7.40. The van der Waals surface area contributed by atoms with Gasteiger partial charge in [0.1, 0.15) is 0 Å². The fraction of sp³-hybridized carbons (Fsp3) is 0.357. The second-order valence-electron chi connectivity index (χ2n) is 4.44. The fourth-order valence-corrected chi connectivity index (χ4v) is 1.53. The van der Waals surface area contributed by atoms with Gasteiger partial charge in [-0.1, -0.05) is 23.7 Å². The topological polar surface area (TPSA) is 32.3 Å². The molecule has 0 bridgehead atoms. The second kappa shape index (κ2) is 7.19. The smallest absolute Gasteiger partial charge is 0.246 e. The van der Waals surface area contributed by atoms with Gasteiger partial charge in [0, 0.05) is 23.7 Å². The maximum atomic E-state index is 11.8. The Morgan fingerprint density at radius 2 is 1.94 bits per heavy atom. The molecule has 4 heteroatoms. The Morgan fingerprint density at radius 1 is 1.33 bits per heavy atom. The Balaban J connectivity index is 2.54. The minimum Gasteiger partial charge on any atom is -0.351 e. The molecule has 1 N–H and O–H groups in total. The molecule has 0 fully saturated rings. The van der Waals surface area contributed by atoms with Crippen LogP contribution in [0.15, 0.2) is 29.8 Å². The highest BCUT2D eigenvalue weighted by Crippen LogP contribution is 2.12. The number of hydrogen-bond donors (Lipinski definition) is 1. The number of nitrogens with one attached hydrogen (secondary N) is 1. The molecule has 0 aromatic heterocycles. The Kier molecular flexibility index (Phi) is 5.89. The van der Waals surface area contributed by atoms with Crippen LogP contribution in [0.3, 0.4) is 0 Å². The van der Waals surface area contributed by atoms with Gasteiger partial charge in [-0.2, -0.15) is 0 Å². The molecule has 1 amide bonds. The van der Waals surface area contributed by atoms with Crippen LogP contribution in [-0.2, 0) is 4.79 Å². The van der Waals surface area contributed by atoms with Gasteiger partial charge in [-0.3, -0.25) is 4.79 Å². The molecule has 1 aromatic rings. The molecule has 1 rings (SSSR count). The lowest BCUT2D eigenvalue weighted by Gasteiger charge is -2.10. The van der Waals surface area contributed by atoms with Crippen molar-refractivity contribution in [3.8, 4) is 0 Å². The Morgan fingerprint density at radius 3 is 2.50 bits per heavy atom. The molecule has 0 radical (unpaired) electrons. The summed E-state index contributed by atoms with van der Waals surface area (Å²) in [5.74, 6) is -0.0354. The van der Waals surface area contributed by atoms with Crippen LogP contribution in [0.25, 0.3) is 6.08 Å². The first kappa shape index (κ1) is 14.7. The van der Waals surface area contributed by atoms with Gasteiger partial charge in [0.15, 0.2) is 0 Å². The third-order valence-electron chi connectivity index (χ3n) is 2.46. The average Bonchev–Trinajstić information content (AvgIpc) is 2.31. The maximum absolute atomic E-state index is 11.8. The summed E-state index contributed by atoms with van der Waals surface area (Å²) < 4.78 is 0. The zero-order valence-electron chi connectivity index (χ0n) is 11.0. The van der Waals surface area contributed by atoms with Gasteiger partial charge in [0.25, 0.3) is 0 Å². The lowest BCUT2D eigenvalue weighted by molar-refractivity contribution is -0.117. The minimum absolute atomic E-state index is 0.0354. The number of likely N-dealkylation sites (N-methyl/N-ethyl adjacent to an activating group) is 1. The Labute approximate surface area is 113 Å². The van der Waals surface area contributed by atoms with Crippen LogP contribution in [-0.4, -0.2) is 38.0 Å². The van der Waals surface area contributed by atoms with Crippen molar-refractivity contribution in [1.29, 1.82) is 0 Å². The van der Waals surface area contributed by atoms with Gasteiger partial charge in [0.2, 0.25) is 5.91 Å². The molecule has 0 spiro atoms. The third-order valence-corrected chi connectivity index (χ3v) is 2.71. The van der Waals surface area contributed by atoms with Crippen molar-refractivity contribution in [3.63, 3.8) is 0 Å². The van der Waals surface area contributed by atoms with E-state index in [1.165, 1.54) is 0 Å². The summed E-state index contributed by atoms with van der Waals surface area (Å²) in [5.41, 5.74) is 1.66. The summed E-state index contributed by atoms with van der Waals surface area (Å²) >= 11 is 5.80. The van der Waals surface area contributed by atoms with E-state index in [9.17, 15) is 4.79 Å². The minimum atomic E-state index is -0.0354. The first-order valence-corrected chi connectivity index (χ1v) is 6.23. The average molecular weight is 267 g/mol. The van der Waals surface area contributed by atoms with Gasteiger partial charge < -0.3 is 10.2 Å². The largest absolute Gasteiger partial charge is 0.351 e. The van der Waals surface area contributed by atoms with E-state index in [1.807, 2.05) is 49.3 Å². The van der Waals surface area contributed by atoms with Crippen LogP contribution in [0, 0.1) is 0 Å². The van der Waals surface area contributed by atoms with Crippen LogP contribution in [0.2, 0.25) is 5.02 Å². The number of halogens is 1. The molecule has 0 heterocycles.